The van der Waals surface area contributed by atoms with Crippen molar-refractivity contribution < 1.29 is 4.48 Å². The second kappa shape index (κ2) is 4.23. The standard InChI is InChI=1S/C15H24N3/c1-18(2)11-6-15(7-12-18)5-10-17(13-15)14-3-8-16-9-4-14/h3-4,8-9H,5-7,10-13H2,1-2H3/q+1. The van der Waals surface area contributed by atoms with Gasteiger partial charge in [-0.25, -0.2) is 0 Å². The SMILES string of the molecule is C[N+]1(C)CCC2(CCN(c3ccncc3)C2)CC1. The molecule has 0 atom stereocenters. The maximum Gasteiger partial charge on any atom is 0.0788 e. The van der Waals surface area contributed by atoms with Gasteiger partial charge in [0, 0.05) is 49.4 Å². The highest BCUT2D eigenvalue weighted by atomic mass is 15.3. The van der Waals surface area contributed by atoms with Crippen LogP contribution in [0.15, 0.2) is 24.5 Å². The predicted molar refractivity (Wildman–Crippen MR) is 74.6 cm³/mol. The van der Waals surface area contributed by atoms with E-state index in [1.807, 2.05) is 12.4 Å². The van der Waals surface area contributed by atoms with Crippen molar-refractivity contribution in [3.05, 3.63) is 24.5 Å². The van der Waals surface area contributed by atoms with Crippen LogP contribution in [0.3, 0.4) is 0 Å². The van der Waals surface area contributed by atoms with Crippen molar-refractivity contribution in [2.75, 3.05) is 45.2 Å². The Bertz CT molecular complexity index is 403. The lowest BCUT2D eigenvalue weighted by Gasteiger charge is -2.42. The Kier molecular flexibility index (Phi) is 2.81. The van der Waals surface area contributed by atoms with Crippen LogP contribution in [0, 0.1) is 5.41 Å². The monoisotopic (exact) mass is 246 g/mol. The molecule has 3 heterocycles. The van der Waals surface area contributed by atoms with Gasteiger partial charge in [-0.05, 0) is 18.6 Å². The summed E-state index contributed by atoms with van der Waals surface area (Å²) in [5, 5.41) is 0. The smallest absolute Gasteiger partial charge is 0.0788 e. The summed E-state index contributed by atoms with van der Waals surface area (Å²) in [4.78, 5) is 6.66. The van der Waals surface area contributed by atoms with Crippen LogP contribution in [0.2, 0.25) is 0 Å². The molecule has 3 nitrogen and oxygen atoms in total. The van der Waals surface area contributed by atoms with Gasteiger partial charge in [-0.1, -0.05) is 0 Å². The van der Waals surface area contributed by atoms with Crippen molar-refractivity contribution in [2.24, 2.45) is 5.41 Å². The zero-order valence-electron chi connectivity index (χ0n) is 11.6. The van der Waals surface area contributed by atoms with E-state index in [0.29, 0.717) is 5.41 Å². The molecule has 0 unspecified atom stereocenters. The minimum absolute atomic E-state index is 0.594. The summed E-state index contributed by atoms with van der Waals surface area (Å²) in [7, 11) is 4.73. The molecule has 0 aliphatic carbocycles. The number of rotatable bonds is 1. The molecule has 1 aromatic heterocycles. The Labute approximate surface area is 110 Å². The van der Waals surface area contributed by atoms with Gasteiger partial charge in [0.05, 0.1) is 27.2 Å². The fourth-order valence-electron chi connectivity index (χ4n) is 3.43. The molecule has 2 aliphatic heterocycles. The Balaban J connectivity index is 1.69. The number of piperidine rings is 1. The van der Waals surface area contributed by atoms with Crippen molar-refractivity contribution in [3.8, 4) is 0 Å². The van der Waals surface area contributed by atoms with Gasteiger partial charge in [-0.2, -0.15) is 0 Å². The molecule has 2 saturated heterocycles. The average Bonchev–Trinajstić information content (AvgIpc) is 2.80. The number of likely N-dealkylation sites (tertiary alicyclic amines) is 1. The molecule has 2 aliphatic rings. The van der Waals surface area contributed by atoms with E-state index in [0.717, 1.165) is 0 Å². The van der Waals surface area contributed by atoms with E-state index in [1.165, 1.54) is 55.6 Å². The normalized spacial score (nSPS) is 25.6. The summed E-state index contributed by atoms with van der Waals surface area (Å²) in [6, 6.07) is 4.28. The molecule has 98 valence electrons. The number of aromatic nitrogens is 1. The van der Waals surface area contributed by atoms with Crippen LogP contribution in [0.1, 0.15) is 19.3 Å². The molecule has 0 saturated carbocycles. The maximum atomic E-state index is 4.11. The van der Waals surface area contributed by atoms with Gasteiger partial charge >= 0.3 is 0 Å². The van der Waals surface area contributed by atoms with Crippen LogP contribution in [0.4, 0.5) is 5.69 Å². The van der Waals surface area contributed by atoms with E-state index >= 15 is 0 Å². The first kappa shape index (κ1) is 12.0. The van der Waals surface area contributed by atoms with Crippen molar-refractivity contribution in [1.82, 2.24) is 4.98 Å². The third kappa shape index (κ3) is 2.24. The lowest BCUT2D eigenvalue weighted by Crippen LogP contribution is -2.50. The quantitative estimate of drug-likeness (QED) is 0.706. The van der Waals surface area contributed by atoms with Crippen LogP contribution in [-0.2, 0) is 0 Å². The first-order valence-corrected chi connectivity index (χ1v) is 7.06. The number of hydrogen-bond acceptors (Lipinski definition) is 2. The molecular formula is C15H24N3+. The number of anilines is 1. The van der Waals surface area contributed by atoms with E-state index in [-0.39, 0.29) is 0 Å². The molecule has 0 N–H and O–H groups in total. The number of nitrogens with zero attached hydrogens (tertiary/aromatic N) is 3. The Morgan fingerprint density at radius 1 is 1.11 bits per heavy atom. The largest absolute Gasteiger partial charge is 0.371 e. The summed E-state index contributed by atoms with van der Waals surface area (Å²) in [6.45, 7) is 5.14. The van der Waals surface area contributed by atoms with E-state index in [4.69, 9.17) is 0 Å². The fraction of sp³-hybridized carbons (Fsp3) is 0.667. The Morgan fingerprint density at radius 2 is 1.78 bits per heavy atom. The molecule has 1 spiro atoms. The Morgan fingerprint density at radius 3 is 2.44 bits per heavy atom. The Hall–Kier alpha value is -1.09. The van der Waals surface area contributed by atoms with Crippen molar-refractivity contribution in [2.45, 2.75) is 19.3 Å². The first-order chi connectivity index (χ1) is 8.59. The number of quaternary nitrogens is 1. The number of pyridine rings is 1. The minimum atomic E-state index is 0.594. The summed E-state index contributed by atoms with van der Waals surface area (Å²) in [5.41, 5.74) is 1.94. The van der Waals surface area contributed by atoms with Crippen LogP contribution < -0.4 is 4.90 Å². The maximum absolute atomic E-state index is 4.11. The third-order valence-corrected chi connectivity index (χ3v) is 4.96. The predicted octanol–water partition coefficient (Wildman–Crippen LogP) is 2.15. The van der Waals surface area contributed by atoms with Gasteiger partial charge in [0.1, 0.15) is 0 Å². The zero-order chi connectivity index (χ0) is 12.6. The summed E-state index contributed by atoms with van der Waals surface area (Å²) >= 11 is 0. The molecule has 0 amide bonds. The van der Waals surface area contributed by atoms with Crippen LogP contribution >= 0.6 is 0 Å². The van der Waals surface area contributed by atoms with Crippen molar-refractivity contribution in [3.63, 3.8) is 0 Å². The molecule has 0 radical (unpaired) electrons. The van der Waals surface area contributed by atoms with E-state index in [1.54, 1.807) is 0 Å². The molecule has 18 heavy (non-hydrogen) atoms. The first-order valence-electron chi connectivity index (χ1n) is 7.06. The lowest BCUT2D eigenvalue weighted by molar-refractivity contribution is -0.897. The van der Waals surface area contributed by atoms with E-state index < -0.39 is 0 Å². The molecular weight excluding hydrogens is 222 g/mol. The lowest BCUT2D eigenvalue weighted by atomic mass is 9.77. The van der Waals surface area contributed by atoms with Crippen LogP contribution in [0.25, 0.3) is 0 Å². The topological polar surface area (TPSA) is 16.1 Å². The van der Waals surface area contributed by atoms with E-state index in [2.05, 4.69) is 36.1 Å². The molecule has 0 bridgehead atoms. The second-order valence-corrected chi connectivity index (χ2v) is 6.76. The highest BCUT2D eigenvalue weighted by Gasteiger charge is 2.43. The van der Waals surface area contributed by atoms with Gasteiger partial charge < -0.3 is 9.38 Å². The van der Waals surface area contributed by atoms with Crippen LogP contribution in [0.5, 0.6) is 0 Å². The van der Waals surface area contributed by atoms with Gasteiger partial charge in [0.2, 0.25) is 0 Å². The second-order valence-electron chi connectivity index (χ2n) is 6.76. The molecule has 0 aromatic carbocycles. The molecule has 2 fully saturated rings. The van der Waals surface area contributed by atoms with E-state index in [9.17, 15) is 0 Å². The van der Waals surface area contributed by atoms with Gasteiger partial charge in [0.15, 0.2) is 0 Å². The third-order valence-electron chi connectivity index (χ3n) is 4.96. The summed E-state index contributed by atoms with van der Waals surface area (Å²) < 4.78 is 1.21. The summed E-state index contributed by atoms with van der Waals surface area (Å²) in [5.74, 6) is 0. The van der Waals surface area contributed by atoms with Crippen LogP contribution in [-0.4, -0.2) is 49.7 Å². The summed E-state index contributed by atoms with van der Waals surface area (Å²) in [6.07, 6.45) is 7.96. The fourth-order valence-corrected chi connectivity index (χ4v) is 3.43. The molecule has 3 heteroatoms. The molecule has 3 rings (SSSR count). The van der Waals surface area contributed by atoms with Gasteiger partial charge in [-0.15, -0.1) is 0 Å². The minimum Gasteiger partial charge on any atom is -0.371 e. The molecule has 1 aromatic rings. The van der Waals surface area contributed by atoms with Gasteiger partial charge in [-0.3, -0.25) is 4.98 Å². The highest BCUT2D eigenvalue weighted by molar-refractivity contribution is 5.46. The average molecular weight is 246 g/mol. The van der Waals surface area contributed by atoms with Crippen molar-refractivity contribution in [1.29, 1.82) is 0 Å². The van der Waals surface area contributed by atoms with Gasteiger partial charge in [0.25, 0.3) is 0 Å². The highest BCUT2D eigenvalue weighted by Crippen LogP contribution is 2.42. The number of hydrogen-bond donors (Lipinski definition) is 0. The van der Waals surface area contributed by atoms with Crippen molar-refractivity contribution >= 4 is 5.69 Å². The zero-order valence-corrected chi connectivity index (χ0v) is 11.6.